The van der Waals surface area contributed by atoms with Crippen LogP contribution in [0.1, 0.15) is 13.8 Å². The SMILES string of the molecule is CCOc1cc(OCC(=O)O)c(NC(=S)Nc2ccc(NC(C)=O)cc2)cc1Cl. The van der Waals surface area contributed by atoms with Gasteiger partial charge in [0.1, 0.15) is 11.5 Å². The fraction of sp³-hybridized carbons (Fsp3) is 0.211. The molecule has 0 saturated carbocycles. The molecule has 2 aromatic carbocycles. The normalized spacial score (nSPS) is 10.0. The molecule has 154 valence electrons. The Hall–Kier alpha value is -3.04. The third-order valence-electron chi connectivity index (χ3n) is 3.40. The lowest BCUT2D eigenvalue weighted by Crippen LogP contribution is -2.20. The average Bonchev–Trinajstić information content (AvgIpc) is 2.64. The molecule has 2 rings (SSSR count). The van der Waals surface area contributed by atoms with Crippen molar-refractivity contribution in [2.75, 3.05) is 29.2 Å². The second kappa shape index (κ2) is 10.5. The van der Waals surface area contributed by atoms with Crippen LogP contribution in [-0.2, 0) is 9.59 Å². The molecule has 0 aromatic heterocycles. The number of nitrogens with one attached hydrogen (secondary N) is 3. The lowest BCUT2D eigenvalue weighted by molar-refractivity contribution is -0.139. The van der Waals surface area contributed by atoms with E-state index in [1.54, 1.807) is 31.2 Å². The maximum atomic E-state index is 11.1. The first-order chi connectivity index (χ1) is 13.8. The topological polar surface area (TPSA) is 109 Å². The number of carbonyl (C=O) groups excluding carboxylic acids is 1. The number of benzene rings is 2. The summed E-state index contributed by atoms with van der Waals surface area (Å²) in [5.41, 5.74) is 1.72. The van der Waals surface area contributed by atoms with E-state index in [1.807, 2.05) is 0 Å². The lowest BCUT2D eigenvalue weighted by atomic mass is 10.2. The maximum Gasteiger partial charge on any atom is 0.341 e. The van der Waals surface area contributed by atoms with Gasteiger partial charge in [-0.3, -0.25) is 4.79 Å². The van der Waals surface area contributed by atoms with Crippen LogP contribution in [0, 0.1) is 0 Å². The summed E-state index contributed by atoms with van der Waals surface area (Å²) in [7, 11) is 0. The first-order valence-electron chi connectivity index (χ1n) is 8.55. The van der Waals surface area contributed by atoms with Crippen molar-refractivity contribution in [2.24, 2.45) is 0 Å². The van der Waals surface area contributed by atoms with E-state index in [9.17, 15) is 9.59 Å². The lowest BCUT2D eigenvalue weighted by Gasteiger charge is -2.17. The van der Waals surface area contributed by atoms with E-state index in [-0.39, 0.29) is 16.8 Å². The standard InChI is InChI=1S/C19H20ClN3O5S/c1-3-27-16-9-17(28-10-18(25)26)15(8-14(16)20)23-19(29)22-13-6-4-12(5-7-13)21-11(2)24/h4-9H,3,10H2,1-2H3,(H,21,24)(H,25,26)(H2,22,23,29). The first-order valence-corrected chi connectivity index (χ1v) is 9.33. The number of anilines is 3. The maximum absolute atomic E-state index is 11.1. The molecule has 0 aliphatic heterocycles. The van der Waals surface area contributed by atoms with Crippen LogP contribution in [0.4, 0.5) is 17.1 Å². The summed E-state index contributed by atoms with van der Waals surface area (Å²) in [6.45, 7) is 3.08. The summed E-state index contributed by atoms with van der Waals surface area (Å²) in [4.78, 5) is 21.9. The van der Waals surface area contributed by atoms with Crippen molar-refractivity contribution in [2.45, 2.75) is 13.8 Å². The minimum absolute atomic E-state index is 0.163. The second-order valence-electron chi connectivity index (χ2n) is 5.73. The Morgan fingerprint density at radius 2 is 1.66 bits per heavy atom. The van der Waals surface area contributed by atoms with Crippen LogP contribution >= 0.6 is 23.8 Å². The molecule has 29 heavy (non-hydrogen) atoms. The fourth-order valence-electron chi connectivity index (χ4n) is 2.28. The second-order valence-corrected chi connectivity index (χ2v) is 6.55. The van der Waals surface area contributed by atoms with Crippen LogP contribution in [0.2, 0.25) is 5.02 Å². The van der Waals surface area contributed by atoms with E-state index in [4.69, 9.17) is 38.4 Å². The Morgan fingerprint density at radius 1 is 1.03 bits per heavy atom. The van der Waals surface area contributed by atoms with Gasteiger partial charge in [-0.05, 0) is 49.5 Å². The van der Waals surface area contributed by atoms with Crippen molar-refractivity contribution in [3.8, 4) is 11.5 Å². The number of carboxylic acid groups (broad SMARTS) is 1. The van der Waals surface area contributed by atoms with Gasteiger partial charge in [0.05, 0.1) is 17.3 Å². The molecule has 8 nitrogen and oxygen atoms in total. The number of carboxylic acids is 1. The molecule has 0 atom stereocenters. The van der Waals surface area contributed by atoms with Crippen LogP contribution in [0.15, 0.2) is 36.4 Å². The zero-order chi connectivity index (χ0) is 21.4. The molecule has 0 aliphatic carbocycles. The molecule has 0 fully saturated rings. The molecule has 0 unspecified atom stereocenters. The zero-order valence-corrected chi connectivity index (χ0v) is 17.3. The highest BCUT2D eigenvalue weighted by molar-refractivity contribution is 7.80. The van der Waals surface area contributed by atoms with Gasteiger partial charge < -0.3 is 30.5 Å². The predicted molar refractivity (Wildman–Crippen MR) is 116 cm³/mol. The first kappa shape index (κ1) is 22.3. The third-order valence-corrected chi connectivity index (χ3v) is 3.90. The Labute approximate surface area is 178 Å². The van der Waals surface area contributed by atoms with Gasteiger partial charge in [0.25, 0.3) is 0 Å². The van der Waals surface area contributed by atoms with Gasteiger partial charge in [-0.25, -0.2) is 4.79 Å². The van der Waals surface area contributed by atoms with E-state index in [0.29, 0.717) is 34.4 Å². The van der Waals surface area contributed by atoms with Crippen LogP contribution in [0.3, 0.4) is 0 Å². The minimum Gasteiger partial charge on any atom is -0.492 e. The van der Waals surface area contributed by atoms with Gasteiger partial charge in [-0.1, -0.05) is 11.6 Å². The van der Waals surface area contributed by atoms with Gasteiger partial charge in [0.15, 0.2) is 11.7 Å². The quantitative estimate of drug-likeness (QED) is 0.459. The number of ether oxygens (including phenoxy) is 2. The summed E-state index contributed by atoms with van der Waals surface area (Å²) in [5, 5.41) is 18.0. The van der Waals surface area contributed by atoms with Crippen molar-refractivity contribution < 1.29 is 24.2 Å². The largest absolute Gasteiger partial charge is 0.492 e. The summed E-state index contributed by atoms with van der Waals surface area (Å²) < 4.78 is 10.7. The molecule has 10 heteroatoms. The smallest absolute Gasteiger partial charge is 0.341 e. The summed E-state index contributed by atoms with van der Waals surface area (Å²) in [5.74, 6) is -0.689. The number of hydrogen-bond donors (Lipinski definition) is 4. The number of amides is 1. The van der Waals surface area contributed by atoms with Gasteiger partial charge in [-0.2, -0.15) is 0 Å². The third kappa shape index (κ3) is 7.13. The molecule has 0 radical (unpaired) electrons. The predicted octanol–water partition coefficient (Wildman–Crippen LogP) is 3.97. The molecule has 1 amide bonds. The number of carbonyl (C=O) groups is 2. The van der Waals surface area contributed by atoms with E-state index in [2.05, 4.69) is 16.0 Å². The van der Waals surface area contributed by atoms with E-state index in [1.165, 1.54) is 19.1 Å². The number of halogens is 1. The number of aliphatic carboxylic acids is 1. The van der Waals surface area contributed by atoms with Crippen LogP contribution < -0.4 is 25.4 Å². The zero-order valence-electron chi connectivity index (χ0n) is 15.7. The highest BCUT2D eigenvalue weighted by atomic mass is 35.5. The van der Waals surface area contributed by atoms with Crippen molar-refractivity contribution in [1.29, 1.82) is 0 Å². The highest BCUT2D eigenvalue weighted by Gasteiger charge is 2.14. The molecule has 0 spiro atoms. The highest BCUT2D eigenvalue weighted by Crippen LogP contribution is 2.36. The molecule has 0 heterocycles. The van der Waals surface area contributed by atoms with Crippen molar-refractivity contribution in [3.63, 3.8) is 0 Å². The molecule has 4 N–H and O–H groups in total. The number of hydrogen-bond acceptors (Lipinski definition) is 5. The molecular weight excluding hydrogens is 418 g/mol. The molecule has 0 bridgehead atoms. The van der Waals surface area contributed by atoms with Crippen molar-refractivity contribution in [3.05, 3.63) is 41.4 Å². The molecule has 0 saturated heterocycles. The number of thiocarbonyl (C=S) groups is 1. The number of rotatable bonds is 8. The fourth-order valence-corrected chi connectivity index (χ4v) is 2.73. The Kier molecular flexibility index (Phi) is 8.05. The van der Waals surface area contributed by atoms with E-state index >= 15 is 0 Å². The van der Waals surface area contributed by atoms with Crippen molar-refractivity contribution >= 4 is 57.9 Å². The van der Waals surface area contributed by atoms with Crippen LogP contribution in [-0.4, -0.2) is 35.3 Å². The van der Waals surface area contributed by atoms with Gasteiger partial charge in [0, 0.05) is 24.4 Å². The van der Waals surface area contributed by atoms with Gasteiger partial charge >= 0.3 is 5.97 Å². The average molecular weight is 438 g/mol. The van der Waals surface area contributed by atoms with Gasteiger partial charge in [-0.15, -0.1) is 0 Å². The van der Waals surface area contributed by atoms with E-state index < -0.39 is 12.6 Å². The monoisotopic (exact) mass is 437 g/mol. The minimum atomic E-state index is -1.12. The molecule has 2 aromatic rings. The Morgan fingerprint density at radius 3 is 2.21 bits per heavy atom. The van der Waals surface area contributed by atoms with Crippen molar-refractivity contribution in [1.82, 2.24) is 0 Å². The van der Waals surface area contributed by atoms with E-state index in [0.717, 1.165) is 0 Å². The van der Waals surface area contributed by atoms with Crippen LogP contribution in [0.25, 0.3) is 0 Å². The van der Waals surface area contributed by atoms with Gasteiger partial charge in [0.2, 0.25) is 5.91 Å². The summed E-state index contributed by atoms with van der Waals surface area (Å²) in [6, 6.07) is 9.97. The Bertz CT molecular complexity index is 905. The molecular formula is C19H20ClN3O5S. The Balaban J connectivity index is 2.13. The van der Waals surface area contributed by atoms with Crippen LogP contribution in [0.5, 0.6) is 11.5 Å². The summed E-state index contributed by atoms with van der Waals surface area (Å²) in [6.07, 6.45) is 0. The summed E-state index contributed by atoms with van der Waals surface area (Å²) >= 11 is 11.5. The molecule has 0 aliphatic rings.